The van der Waals surface area contributed by atoms with Crippen LogP contribution in [0.3, 0.4) is 0 Å². The second-order valence-electron chi connectivity index (χ2n) is 9.06. The van der Waals surface area contributed by atoms with Crippen LogP contribution in [0.1, 0.15) is 23.6 Å². The molecule has 0 spiro atoms. The molecule has 0 saturated carbocycles. The molecular formula is C28H30Cl3N3O4S. The minimum absolute atomic E-state index is 0.0460. The Morgan fingerprint density at radius 1 is 0.949 bits per heavy atom. The van der Waals surface area contributed by atoms with Gasteiger partial charge in [0.15, 0.2) is 0 Å². The van der Waals surface area contributed by atoms with Gasteiger partial charge in [0, 0.05) is 34.6 Å². The van der Waals surface area contributed by atoms with Crippen LogP contribution in [0.5, 0.6) is 0 Å². The van der Waals surface area contributed by atoms with E-state index in [1.54, 1.807) is 44.2 Å². The Balaban J connectivity index is 2.09. The van der Waals surface area contributed by atoms with Crippen molar-refractivity contribution in [2.45, 2.75) is 32.9 Å². The van der Waals surface area contributed by atoms with Gasteiger partial charge in [0.2, 0.25) is 21.8 Å². The van der Waals surface area contributed by atoms with E-state index >= 15 is 0 Å². The van der Waals surface area contributed by atoms with Crippen molar-refractivity contribution in [3.8, 4) is 0 Å². The van der Waals surface area contributed by atoms with E-state index in [4.69, 9.17) is 34.8 Å². The molecule has 208 valence electrons. The average Bonchev–Trinajstić information content (AvgIpc) is 2.87. The van der Waals surface area contributed by atoms with E-state index in [9.17, 15) is 18.0 Å². The highest BCUT2D eigenvalue weighted by atomic mass is 35.5. The highest BCUT2D eigenvalue weighted by Crippen LogP contribution is 2.28. The maximum absolute atomic E-state index is 14.0. The molecule has 11 heteroatoms. The first-order valence-corrected chi connectivity index (χ1v) is 15.2. The number of aryl methyl sites for hydroxylation is 1. The van der Waals surface area contributed by atoms with E-state index in [0.717, 1.165) is 16.1 Å². The molecule has 1 atom stereocenters. The van der Waals surface area contributed by atoms with Crippen molar-refractivity contribution in [1.29, 1.82) is 0 Å². The van der Waals surface area contributed by atoms with Gasteiger partial charge in [-0.2, -0.15) is 0 Å². The molecule has 3 aromatic carbocycles. The van der Waals surface area contributed by atoms with Crippen molar-refractivity contribution >= 4 is 62.3 Å². The van der Waals surface area contributed by atoms with Crippen molar-refractivity contribution in [2.24, 2.45) is 0 Å². The number of amides is 2. The number of nitrogens with one attached hydrogen (secondary N) is 1. The van der Waals surface area contributed by atoms with Gasteiger partial charge in [-0.25, -0.2) is 8.42 Å². The molecule has 0 aliphatic rings. The zero-order valence-corrected chi connectivity index (χ0v) is 24.9. The van der Waals surface area contributed by atoms with Crippen LogP contribution in [0.15, 0.2) is 66.7 Å². The van der Waals surface area contributed by atoms with Crippen LogP contribution in [-0.4, -0.2) is 50.5 Å². The van der Waals surface area contributed by atoms with E-state index < -0.39 is 28.5 Å². The molecule has 0 saturated heterocycles. The zero-order chi connectivity index (χ0) is 28.7. The van der Waals surface area contributed by atoms with E-state index in [2.05, 4.69) is 5.32 Å². The predicted molar refractivity (Wildman–Crippen MR) is 158 cm³/mol. The number of nitrogens with zero attached hydrogens (tertiary/aromatic N) is 2. The van der Waals surface area contributed by atoms with Crippen molar-refractivity contribution in [1.82, 2.24) is 10.2 Å². The Morgan fingerprint density at radius 2 is 1.59 bits per heavy atom. The molecule has 0 aromatic heterocycles. The number of carbonyl (C=O) groups is 2. The minimum Gasteiger partial charge on any atom is -0.355 e. The summed E-state index contributed by atoms with van der Waals surface area (Å²) in [5, 5.41) is 3.87. The molecule has 2 amide bonds. The standard InChI is InChI=1S/C28H30Cl3N3O4S/c1-4-32-28(36)26(14-20-8-6-5-7-9-20)33(17-21-11-13-22(29)15-24(21)31)27(35)18-34(39(3,37)38)25-16-23(30)12-10-19(25)2/h5-13,15-16,26H,4,14,17-18H2,1-3H3,(H,32,36)/t26-/m1/s1. The number of rotatable bonds is 11. The van der Waals surface area contributed by atoms with Gasteiger partial charge in [0.1, 0.15) is 12.6 Å². The Bertz CT molecular complexity index is 1440. The van der Waals surface area contributed by atoms with Gasteiger partial charge in [-0.05, 0) is 54.8 Å². The fourth-order valence-electron chi connectivity index (χ4n) is 4.13. The molecule has 0 unspecified atom stereocenters. The summed E-state index contributed by atoms with van der Waals surface area (Å²) in [6.45, 7) is 3.27. The third-order valence-electron chi connectivity index (χ3n) is 6.10. The van der Waals surface area contributed by atoms with Crippen LogP contribution >= 0.6 is 34.8 Å². The summed E-state index contributed by atoms with van der Waals surface area (Å²) in [5.74, 6) is -0.956. The van der Waals surface area contributed by atoms with E-state index in [-0.39, 0.29) is 24.6 Å². The van der Waals surface area contributed by atoms with Crippen LogP contribution in [-0.2, 0) is 32.6 Å². The predicted octanol–water partition coefficient (Wildman–Crippen LogP) is 5.50. The molecule has 0 aliphatic heterocycles. The molecule has 0 fully saturated rings. The average molecular weight is 611 g/mol. The summed E-state index contributed by atoms with van der Waals surface area (Å²) in [7, 11) is -3.90. The molecule has 0 radical (unpaired) electrons. The quantitative estimate of drug-likeness (QED) is 0.311. The number of benzene rings is 3. The van der Waals surface area contributed by atoms with Crippen molar-refractivity contribution in [3.63, 3.8) is 0 Å². The van der Waals surface area contributed by atoms with Crippen LogP contribution in [0.4, 0.5) is 5.69 Å². The Morgan fingerprint density at radius 3 is 2.21 bits per heavy atom. The normalized spacial score (nSPS) is 12.1. The molecule has 0 bridgehead atoms. The van der Waals surface area contributed by atoms with Crippen LogP contribution in [0, 0.1) is 6.92 Å². The van der Waals surface area contributed by atoms with Crippen LogP contribution < -0.4 is 9.62 Å². The summed E-state index contributed by atoms with van der Waals surface area (Å²) >= 11 is 18.7. The monoisotopic (exact) mass is 609 g/mol. The SMILES string of the molecule is CCNC(=O)[C@@H](Cc1ccccc1)N(Cc1ccc(Cl)cc1Cl)C(=O)CN(c1cc(Cl)ccc1C)S(C)(=O)=O. The third-order valence-corrected chi connectivity index (χ3v) is 8.05. The second-order valence-corrected chi connectivity index (χ2v) is 12.2. The molecule has 7 nitrogen and oxygen atoms in total. The number of hydrogen-bond donors (Lipinski definition) is 1. The number of sulfonamides is 1. The summed E-state index contributed by atoms with van der Waals surface area (Å²) in [5.41, 5.74) is 2.29. The topological polar surface area (TPSA) is 86.8 Å². The van der Waals surface area contributed by atoms with Gasteiger partial charge in [-0.1, -0.05) is 77.3 Å². The van der Waals surface area contributed by atoms with Gasteiger partial charge in [-0.15, -0.1) is 0 Å². The zero-order valence-electron chi connectivity index (χ0n) is 21.8. The Hall–Kier alpha value is -2.78. The lowest BCUT2D eigenvalue weighted by atomic mass is 10.0. The smallest absolute Gasteiger partial charge is 0.244 e. The lowest BCUT2D eigenvalue weighted by Gasteiger charge is -2.34. The lowest BCUT2D eigenvalue weighted by molar-refractivity contribution is -0.140. The number of hydrogen-bond acceptors (Lipinski definition) is 4. The Kier molecular flexibility index (Phi) is 10.7. The highest BCUT2D eigenvalue weighted by Gasteiger charge is 2.33. The highest BCUT2D eigenvalue weighted by molar-refractivity contribution is 7.92. The maximum atomic E-state index is 14.0. The van der Waals surface area contributed by atoms with E-state index in [0.29, 0.717) is 32.7 Å². The summed E-state index contributed by atoms with van der Waals surface area (Å²) in [4.78, 5) is 28.8. The van der Waals surface area contributed by atoms with Crippen molar-refractivity contribution in [3.05, 3.63) is 98.5 Å². The molecule has 39 heavy (non-hydrogen) atoms. The first kappa shape index (κ1) is 30.8. The number of anilines is 1. The van der Waals surface area contributed by atoms with Gasteiger partial charge in [0.05, 0.1) is 11.9 Å². The second kappa shape index (κ2) is 13.5. The number of likely N-dealkylation sites (N-methyl/N-ethyl adjacent to an activating group) is 1. The van der Waals surface area contributed by atoms with Crippen molar-refractivity contribution in [2.75, 3.05) is 23.7 Å². The fraction of sp³-hybridized carbons (Fsp3) is 0.286. The summed E-state index contributed by atoms with van der Waals surface area (Å²) in [6.07, 6.45) is 1.23. The van der Waals surface area contributed by atoms with E-state index in [1.165, 1.54) is 11.0 Å². The van der Waals surface area contributed by atoms with Crippen LogP contribution in [0.25, 0.3) is 0 Å². The molecule has 3 aromatic rings. The van der Waals surface area contributed by atoms with Gasteiger partial charge in [0.25, 0.3) is 0 Å². The number of halogens is 3. The third kappa shape index (κ3) is 8.35. The summed E-state index contributed by atoms with van der Waals surface area (Å²) in [6, 6.07) is 18.0. The molecule has 3 rings (SSSR count). The molecule has 0 heterocycles. The van der Waals surface area contributed by atoms with Gasteiger partial charge >= 0.3 is 0 Å². The number of carbonyl (C=O) groups excluding carboxylic acids is 2. The van der Waals surface area contributed by atoms with Gasteiger partial charge < -0.3 is 10.2 Å². The maximum Gasteiger partial charge on any atom is 0.244 e. The fourth-order valence-corrected chi connectivity index (χ4v) is 5.66. The van der Waals surface area contributed by atoms with Crippen LogP contribution in [0.2, 0.25) is 15.1 Å². The van der Waals surface area contributed by atoms with Crippen molar-refractivity contribution < 1.29 is 18.0 Å². The Labute approximate surface area is 244 Å². The minimum atomic E-state index is -3.90. The summed E-state index contributed by atoms with van der Waals surface area (Å²) < 4.78 is 26.8. The van der Waals surface area contributed by atoms with E-state index in [1.807, 2.05) is 30.3 Å². The lowest BCUT2D eigenvalue weighted by Crippen LogP contribution is -2.53. The first-order chi connectivity index (χ1) is 18.4. The largest absolute Gasteiger partial charge is 0.355 e. The molecule has 1 N–H and O–H groups in total. The molecular weight excluding hydrogens is 581 g/mol. The van der Waals surface area contributed by atoms with Gasteiger partial charge in [-0.3, -0.25) is 13.9 Å². The molecule has 0 aliphatic carbocycles. The first-order valence-electron chi connectivity index (χ1n) is 12.2.